The van der Waals surface area contributed by atoms with Gasteiger partial charge in [0.25, 0.3) is 0 Å². The second-order valence-electron chi connectivity index (χ2n) is 8.52. The number of carboxylic acid groups (broad SMARTS) is 1. The minimum absolute atomic E-state index is 0.0579. The van der Waals surface area contributed by atoms with Gasteiger partial charge in [0.05, 0.1) is 24.4 Å². The number of aromatic hydroxyl groups is 1. The Balaban J connectivity index is 1.69. The summed E-state index contributed by atoms with van der Waals surface area (Å²) in [7, 11) is 1.29. The van der Waals surface area contributed by atoms with E-state index < -0.39 is 29.6 Å². The molecule has 0 radical (unpaired) electrons. The zero-order valence-electron chi connectivity index (χ0n) is 19.4. The van der Waals surface area contributed by atoms with E-state index in [1.807, 2.05) is 0 Å². The highest BCUT2D eigenvalue weighted by molar-refractivity contribution is 7.17. The van der Waals surface area contributed by atoms with Gasteiger partial charge in [-0.2, -0.15) is 23.3 Å². The number of hydrogen-bond acceptors (Lipinski definition) is 7. The van der Waals surface area contributed by atoms with Crippen LogP contribution in [0.3, 0.4) is 0 Å². The summed E-state index contributed by atoms with van der Waals surface area (Å²) in [5, 5.41) is 28.2. The average Bonchev–Trinajstić information content (AvgIpc) is 3.61. The molecule has 4 aromatic rings. The summed E-state index contributed by atoms with van der Waals surface area (Å²) in [6.45, 7) is 0.445. The molecule has 3 N–H and O–H groups in total. The smallest absolute Gasteiger partial charge is 0.417 e. The van der Waals surface area contributed by atoms with Gasteiger partial charge in [-0.3, -0.25) is 5.10 Å². The Morgan fingerprint density at radius 2 is 2.08 bits per heavy atom. The number of carboxylic acids is 1. The van der Waals surface area contributed by atoms with Crippen LogP contribution in [0.1, 0.15) is 34.4 Å². The molecule has 0 unspecified atom stereocenters. The number of ether oxygens (including phenoxy) is 1. The second-order valence-corrected chi connectivity index (χ2v) is 9.50. The van der Waals surface area contributed by atoms with Crippen LogP contribution in [-0.4, -0.2) is 51.1 Å². The molecule has 0 saturated carbocycles. The first-order valence-electron chi connectivity index (χ1n) is 11.3. The first-order valence-corrected chi connectivity index (χ1v) is 12.1. The van der Waals surface area contributed by atoms with Crippen molar-refractivity contribution in [1.29, 1.82) is 0 Å². The number of nitrogens with one attached hydrogen (secondary N) is 1. The zero-order valence-corrected chi connectivity index (χ0v) is 20.2. The molecule has 0 bridgehead atoms. The SMILES string of the molecule is COc1ccc(C=C(c2ccc3[nH]ncc3c2)c2sc(N3CCC[C@@H]3C(=O)O)nc2O)c(C(F)(F)F)c1. The number of carbonyl (C=O) groups is 1. The van der Waals surface area contributed by atoms with E-state index in [4.69, 9.17) is 4.74 Å². The molecule has 5 rings (SSSR count). The molecular formula is C25H21F3N4O4S. The van der Waals surface area contributed by atoms with Crippen LogP contribution in [0.2, 0.25) is 0 Å². The molecule has 37 heavy (non-hydrogen) atoms. The number of fused-ring (bicyclic) bond motifs is 1. The number of thiazole rings is 1. The number of halogens is 3. The molecule has 1 aliphatic rings. The fourth-order valence-electron chi connectivity index (χ4n) is 4.43. The Morgan fingerprint density at radius 3 is 2.81 bits per heavy atom. The van der Waals surface area contributed by atoms with Gasteiger partial charge >= 0.3 is 12.1 Å². The zero-order chi connectivity index (χ0) is 26.3. The number of benzene rings is 2. The molecule has 0 aliphatic carbocycles. The number of aromatic amines is 1. The van der Waals surface area contributed by atoms with Crippen LogP contribution in [0.25, 0.3) is 22.6 Å². The van der Waals surface area contributed by atoms with Crippen LogP contribution < -0.4 is 9.64 Å². The minimum Gasteiger partial charge on any atom is -0.497 e. The molecule has 12 heteroatoms. The number of aliphatic carboxylic acids is 1. The van der Waals surface area contributed by atoms with Crippen molar-refractivity contribution >= 4 is 45.0 Å². The minimum atomic E-state index is -4.66. The molecule has 1 aliphatic heterocycles. The van der Waals surface area contributed by atoms with Crippen molar-refractivity contribution in [3.63, 3.8) is 0 Å². The standard InChI is InChI=1S/C25H21F3N4O4S/c1-36-16-6-4-14(18(11-16)25(26,27)28)10-17(13-5-7-19-15(9-13)12-29-31-19)21-22(33)30-24(37-21)32-8-2-3-20(32)23(34)35/h4-7,9-12,20,33H,2-3,8H2,1H3,(H,29,31)(H,34,35)/t20-/m1/s1. The van der Waals surface area contributed by atoms with E-state index in [9.17, 15) is 28.2 Å². The maximum atomic E-state index is 14.0. The first-order chi connectivity index (χ1) is 17.7. The Hall–Kier alpha value is -4.06. The molecular weight excluding hydrogens is 509 g/mol. The fraction of sp³-hybridized carbons (Fsp3) is 0.240. The molecule has 8 nitrogen and oxygen atoms in total. The predicted molar refractivity (Wildman–Crippen MR) is 133 cm³/mol. The van der Waals surface area contributed by atoms with Crippen molar-refractivity contribution < 1.29 is 32.9 Å². The van der Waals surface area contributed by atoms with Gasteiger partial charge in [0.2, 0.25) is 5.88 Å². The Bertz CT molecular complexity index is 1510. The second kappa shape index (κ2) is 9.43. The lowest BCUT2D eigenvalue weighted by Crippen LogP contribution is -2.35. The fourth-order valence-corrected chi connectivity index (χ4v) is 5.51. The van der Waals surface area contributed by atoms with Crippen molar-refractivity contribution in [1.82, 2.24) is 15.2 Å². The number of anilines is 1. The summed E-state index contributed by atoms with van der Waals surface area (Å²) in [6.07, 6.45) is -0.645. The first kappa shape index (κ1) is 24.6. The molecule has 192 valence electrons. The molecule has 1 fully saturated rings. The number of nitrogens with zero attached hydrogens (tertiary/aromatic N) is 3. The highest BCUT2D eigenvalue weighted by atomic mass is 32.1. The molecule has 3 heterocycles. The maximum Gasteiger partial charge on any atom is 0.417 e. The molecule has 0 amide bonds. The van der Waals surface area contributed by atoms with E-state index in [1.54, 1.807) is 29.3 Å². The van der Waals surface area contributed by atoms with E-state index in [0.717, 1.165) is 28.3 Å². The Labute approximate surface area is 212 Å². The van der Waals surface area contributed by atoms with Crippen LogP contribution >= 0.6 is 11.3 Å². The van der Waals surface area contributed by atoms with Crippen LogP contribution in [0.5, 0.6) is 11.6 Å². The number of aromatic nitrogens is 3. The molecule has 1 atom stereocenters. The largest absolute Gasteiger partial charge is 0.497 e. The van der Waals surface area contributed by atoms with Gasteiger partial charge in [-0.15, -0.1) is 0 Å². The van der Waals surface area contributed by atoms with Crippen LogP contribution in [0.15, 0.2) is 42.6 Å². The van der Waals surface area contributed by atoms with E-state index in [1.165, 1.54) is 25.3 Å². The third kappa shape index (κ3) is 4.71. The van der Waals surface area contributed by atoms with Crippen LogP contribution in [0.4, 0.5) is 18.3 Å². The van der Waals surface area contributed by atoms with Gasteiger partial charge in [-0.1, -0.05) is 23.5 Å². The summed E-state index contributed by atoms with van der Waals surface area (Å²) in [4.78, 5) is 17.7. The quantitative estimate of drug-likeness (QED) is 0.287. The van der Waals surface area contributed by atoms with E-state index in [2.05, 4.69) is 15.2 Å². The van der Waals surface area contributed by atoms with Crippen LogP contribution in [0, 0.1) is 0 Å². The van der Waals surface area contributed by atoms with Gasteiger partial charge in [-0.05, 0) is 54.3 Å². The third-order valence-electron chi connectivity index (χ3n) is 6.24. The van der Waals surface area contributed by atoms with Crippen molar-refractivity contribution in [3.8, 4) is 11.6 Å². The number of methoxy groups -OCH3 is 1. The highest BCUT2D eigenvalue weighted by Gasteiger charge is 2.35. The molecule has 2 aromatic carbocycles. The lowest BCUT2D eigenvalue weighted by atomic mass is 9.97. The maximum absolute atomic E-state index is 14.0. The number of rotatable bonds is 6. The predicted octanol–water partition coefficient (Wildman–Crippen LogP) is 5.39. The van der Waals surface area contributed by atoms with Crippen molar-refractivity contribution in [3.05, 3.63) is 64.2 Å². The topological polar surface area (TPSA) is 112 Å². The number of alkyl halides is 3. The highest BCUT2D eigenvalue weighted by Crippen LogP contribution is 2.43. The number of hydrogen-bond donors (Lipinski definition) is 3. The summed E-state index contributed by atoms with van der Waals surface area (Å²) in [5.74, 6) is -1.33. The van der Waals surface area contributed by atoms with Gasteiger partial charge in [-0.25, -0.2) is 4.79 Å². The van der Waals surface area contributed by atoms with Gasteiger partial charge in [0, 0.05) is 17.5 Å². The molecule has 1 saturated heterocycles. The molecule has 0 spiro atoms. The van der Waals surface area contributed by atoms with Crippen molar-refractivity contribution in [2.75, 3.05) is 18.6 Å². The lowest BCUT2D eigenvalue weighted by molar-refractivity contribution is -0.139. The van der Waals surface area contributed by atoms with Gasteiger partial charge < -0.3 is 19.8 Å². The Morgan fingerprint density at radius 1 is 1.27 bits per heavy atom. The normalized spacial score (nSPS) is 16.5. The van der Waals surface area contributed by atoms with Crippen molar-refractivity contribution in [2.24, 2.45) is 0 Å². The summed E-state index contributed by atoms with van der Waals surface area (Å²) in [6, 6.07) is 8.06. The average molecular weight is 531 g/mol. The van der Waals surface area contributed by atoms with E-state index in [-0.39, 0.29) is 16.2 Å². The third-order valence-corrected chi connectivity index (χ3v) is 7.36. The number of H-pyrrole nitrogens is 1. The van der Waals surface area contributed by atoms with E-state index >= 15 is 0 Å². The summed E-state index contributed by atoms with van der Waals surface area (Å²) in [5.41, 5.74) is 0.530. The monoisotopic (exact) mass is 530 g/mol. The van der Waals surface area contributed by atoms with Gasteiger partial charge in [0.15, 0.2) is 5.13 Å². The summed E-state index contributed by atoms with van der Waals surface area (Å²) >= 11 is 1.03. The van der Waals surface area contributed by atoms with E-state index in [0.29, 0.717) is 35.7 Å². The lowest BCUT2D eigenvalue weighted by Gasteiger charge is -2.19. The Kier molecular flexibility index (Phi) is 6.28. The molecule has 2 aromatic heterocycles. The van der Waals surface area contributed by atoms with Crippen molar-refractivity contribution in [2.45, 2.75) is 25.1 Å². The summed E-state index contributed by atoms with van der Waals surface area (Å²) < 4.78 is 46.9. The van der Waals surface area contributed by atoms with Crippen LogP contribution in [-0.2, 0) is 11.0 Å². The van der Waals surface area contributed by atoms with Gasteiger partial charge in [0.1, 0.15) is 16.7 Å².